The van der Waals surface area contributed by atoms with Crippen molar-refractivity contribution in [2.45, 2.75) is 45.1 Å². The second kappa shape index (κ2) is 10.0. The van der Waals surface area contributed by atoms with Gasteiger partial charge in [0.25, 0.3) is 0 Å². The maximum Gasteiger partial charge on any atom is 0.151 e. The molecule has 1 N–H and O–H groups in total. The summed E-state index contributed by atoms with van der Waals surface area (Å²) in [5, 5.41) is 3.39. The molecule has 0 bridgehead atoms. The third-order valence-corrected chi connectivity index (χ3v) is 8.07. The van der Waals surface area contributed by atoms with E-state index in [2.05, 4.69) is 52.4 Å². The topological polar surface area (TPSA) is 52.9 Å². The van der Waals surface area contributed by atoms with E-state index < -0.39 is 11.6 Å². The maximum atomic E-state index is 14.5. The molecule has 0 amide bonds. The Bertz CT molecular complexity index is 1390. The van der Waals surface area contributed by atoms with Gasteiger partial charge >= 0.3 is 0 Å². The van der Waals surface area contributed by atoms with Crippen LogP contribution in [-0.4, -0.2) is 47.5 Å². The Balaban J connectivity index is 1.48. The second-order valence-electron chi connectivity index (χ2n) is 10.9. The molecule has 2 unspecified atom stereocenters. The Hall–Kier alpha value is -3.45. The average molecular weight is 514 g/mol. The molecule has 2 fully saturated rings. The first-order chi connectivity index (χ1) is 18.4. The molecule has 2 aliphatic heterocycles. The van der Waals surface area contributed by atoms with Crippen molar-refractivity contribution in [3.05, 3.63) is 83.2 Å². The molecule has 6 rings (SSSR count). The highest BCUT2D eigenvalue weighted by Gasteiger charge is 2.34. The van der Waals surface area contributed by atoms with Crippen molar-refractivity contribution < 1.29 is 8.78 Å². The molecule has 1 saturated carbocycles. The number of benzene rings is 1. The van der Waals surface area contributed by atoms with Gasteiger partial charge in [0.15, 0.2) is 11.6 Å². The molecule has 1 aromatic heterocycles. The van der Waals surface area contributed by atoms with E-state index in [4.69, 9.17) is 4.99 Å². The molecule has 1 saturated heterocycles. The summed E-state index contributed by atoms with van der Waals surface area (Å²) in [5.74, 6) is -0.775. The van der Waals surface area contributed by atoms with Crippen LogP contribution < -0.4 is 5.32 Å². The van der Waals surface area contributed by atoms with Gasteiger partial charge in [-0.15, -0.1) is 0 Å². The van der Waals surface area contributed by atoms with Crippen molar-refractivity contribution in [2.75, 3.05) is 20.1 Å². The predicted molar refractivity (Wildman–Crippen MR) is 149 cm³/mol. The van der Waals surface area contributed by atoms with Gasteiger partial charge in [-0.1, -0.05) is 38.1 Å². The van der Waals surface area contributed by atoms with Gasteiger partial charge in [-0.25, -0.2) is 18.8 Å². The number of aromatic nitrogens is 1. The fourth-order valence-electron chi connectivity index (χ4n) is 5.43. The summed E-state index contributed by atoms with van der Waals surface area (Å²) < 4.78 is 28.9. The first-order valence-electron chi connectivity index (χ1n) is 13.5. The third kappa shape index (κ3) is 4.64. The molecule has 7 heteroatoms. The van der Waals surface area contributed by atoms with E-state index in [0.29, 0.717) is 17.7 Å². The van der Waals surface area contributed by atoms with Crippen LogP contribution in [0.3, 0.4) is 0 Å². The number of para-hydroxylation sites is 1. The van der Waals surface area contributed by atoms with Gasteiger partial charge in [0.05, 0.1) is 23.6 Å². The summed E-state index contributed by atoms with van der Waals surface area (Å²) in [6.45, 7) is 6.12. The van der Waals surface area contributed by atoms with Crippen LogP contribution in [0.1, 0.15) is 50.2 Å². The molecular formula is C31H33F2N5. The van der Waals surface area contributed by atoms with Crippen LogP contribution in [0.15, 0.2) is 70.5 Å². The number of pyridine rings is 1. The second-order valence-corrected chi connectivity index (χ2v) is 10.9. The Kier molecular flexibility index (Phi) is 6.56. The number of halogens is 2. The number of hydrogen-bond acceptors (Lipinski definition) is 5. The van der Waals surface area contributed by atoms with Crippen molar-refractivity contribution in [2.24, 2.45) is 21.8 Å². The third-order valence-electron chi connectivity index (χ3n) is 8.07. The minimum atomic E-state index is -0.661. The average Bonchev–Trinajstić information content (AvgIpc) is 3.71. The molecule has 0 spiro atoms. The molecule has 2 aliphatic carbocycles. The van der Waals surface area contributed by atoms with E-state index in [1.807, 2.05) is 25.4 Å². The predicted octanol–water partition coefficient (Wildman–Crippen LogP) is 6.50. The smallest absolute Gasteiger partial charge is 0.151 e. The SMILES string of the molecule is CC1C=C(N(C)C2CNC2)c2c(cncc2C2CC2)N=C1C1=CC(=Nc2c(F)cccc2F)C(C)CC=C1. The van der Waals surface area contributed by atoms with Crippen molar-refractivity contribution in [3.63, 3.8) is 0 Å². The fraction of sp³-hybridized carbons (Fsp3) is 0.387. The first-order valence-corrected chi connectivity index (χ1v) is 13.5. The summed E-state index contributed by atoms with van der Waals surface area (Å²) in [6.07, 6.45) is 15.4. The monoisotopic (exact) mass is 513 g/mol. The Morgan fingerprint density at radius 2 is 1.84 bits per heavy atom. The van der Waals surface area contributed by atoms with Crippen LogP contribution in [0.4, 0.5) is 20.2 Å². The van der Waals surface area contributed by atoms with Crippen molar-refractivity contribution in [1.29, 1.82) is 0 Å². The first kappa shape index (κ1) is 24.9. The zero-order valence-corrected chi connectivity index (χ0v) is 22.1. The van der Waals surface area contributed by atoms with Gasteiger partial charge in [-0.3, -0.25) is 4.98 Å². The van der Waals surface area contributed by atoms with E-state index in [1.165, 1.54) is 47.9 Å². The van der Waals surface area contributed by atoms with Gasteiger partial charge in [0.1, 0.15) is 5.69 Å². The number of rotatable bonds is 5. The van der Waals surface area contributed by atoms with Crippen molar-refractivity contribution >= 4 is 28.5 Å². The highest BCUT2D eigenvalue weighted by molar-refractivity contribution is 6.13. The molecule has 2 atom stereocenters. The number of likely N-dealkylation sites (N-methyl/N-ethyl adjacent to an activating group) is 1. The van der Waals surface area contributed by atoms with E-state index in [9.17, 15) is 8.78 Å². The van der Waals surface area contributed by atoms with Crippen LogP contribution in [0, 0.1) is 23.5 Å². The van der Waals surface area contributed by atoms with Crippen molar-refractivity contribution in [3.8, 4) is 0 Å². The number of nitrogens with one attached hydrogen (secondary N) is 1. The standard InChI is InChI=1S/C31H33F2N5/c1-18-6-4-7-21(13-26(18)36-31-24(32)8-5-9-25(31)33)30-19(2)12-28(38(3)22-14-34-15-22)29-23(20-10-11-20)16-35-17-27(29)37-30/h4-5,7-9,12-13,16-20,22,34H,6,10-11,14-15H2,1-3H3. The summed E-state index contributed by atoms with van der Waals surface area (Å²) in [5.41, 5.74) is 6.76. The van der Waals surface area contributed by atoms with Crippen LogP contribution in [0.25, 0.3) is 5.70 Å². The largest absolute Gasteiger partial charge is 0.369 e. The van der Waals surface area contributed by atoms with E-state index in [-0.39, 0.29) is 17.5 Å². The normalized spacial score (nSPS) is 24.6. The van der Waals surface area contributed by atoms with E-state index in [0.717, 1.165) is 36.5 Å². The molecule has 4 aliphatic rings. The molecular weight excluding hydrogens is 480 g/mol. The minimum absolute atomic E-state index is 0.00298. The van der Waals surface area contributed by atoms with Gasteiger partial charge in [0.2, 0.25) is 0 Å². The van der Waals surface area contributed by atoms with Crippen LogP contribution in [0.5, 0.6) is 0 Å². The van der Waals surface area contributed by atoms with Gasteiger partial charge < -0.3 is 10.2 Å². The fourth-order valence-corrected chi connectivity index (χ4v) is 5.43. The number of allylic oxidation sites excluding steroid dienone is 5. The van der Waals surface area contributed by atoms with Gasteiger partial charge in [0, 0.05) is 55.1 Å². The Morgan fingerprint density at radius 3 is 2.53 bits per heavy atom. The lowest BCUT2D eigenvalue weighted by Gasteiger charge is -2.39. The summed E-state index contributed by atoms with van der Waals surface area (Å²) >= 11 is 0. The lowest BCUT2D eigenvalue weighted by Crippen LogP contribution is -2.55. The molecule has 38 heavy (non-hydrogen) atoms. The van der Waals surface area contributed by atoms with Crippen LogP contribution in [-0.2, 0) is 0 Å². The Labute approximate surface area is 222 Å². The molecule has 5 nitrogen and oxygen atoms in total. The number of hydrogen-bond donors (Lipinski definition) is 1. The van der Waals surface area contributed by atoms with Crippen LogP contribution in [0.2, 0.25) is 0 Å². The number of nitrogens with zero attached hydrogens (tertiary/aromatic N) is 4. The van der Waals surface area contributed by atoms with Crippen molar-refractivity contribution in [1.82, 2.24) is 15.2 Å². The number of aliphatic imine (C=N–C) groups is 2. The zero-order chi connectivity index (χ0) is 26.4. The van der Waals surface area contributed by atoms with Gasteiger partial charge in [-0.2, -0.15) is 0 Å². The van der Waals surface area contributed by atoms with E-state index >= 15 is 0 Å². The lowest BCUT2D eigenvalue weighted by molar-refractivity contribution is 0.253. The highest BCUT2D eigenvalue weighted by atomic mass is 19.1. The molecule has 0 radical (unpaired) electrons. The van der Waals surface area contributed by atoms with Crippen LogP contribution >= 0.6 is 0 Å². The minimum Gasteiger partial charge on any atom is -0.369 e. The molecule has 2 aromatic rings. The maximum absolute atomic E-state index is 14.5. The quantitative estimate of drug-likeness (QED) is 0.497. The van der Waals surface area contributed by atoms with Gasteiger partial charge in [-0.05, 0) is 54.5 Å². The molecule has 3 heterocycles. The summed E-state index contributed by atoms with van der Waals surface area (Å²) in [4.78, 5) is 16.7. The summed E-state index contributed by atoms with van der Waals surface area (Å²) in [6, 6.07) is 4.28. The number of fused-ring (bicyclic) bond motifs is 1. The summed E-state index contributed by atoms with van der Waals surface area (Å²) in [7, 11) is 2.18. The van der Waals surface area contributed by atoms with E-state index in [1.54, 1.807) is 0 Å². The Morgan fingerprint density at radius 1 is 1.08 bits per heavy atom. The highest BCUT2D eigenvalue weighted by Crippen LogP contribution is 2.47. The molecule has 1 aromatic carbocycles. The lowest BCUT2D eigenvalue weighted by atomic mass is 9.93. The zero-order valence-electron chi connectivity index (χ0n) is 22.1. The molecule has 196 valence electrons.